The molecule has 1 aromatic rings. The average molecular weight is 214 g/mol. The Morgan fingerprint density at radius 1 is 1.19 bits per heavy atom. The number of benzene rings is 1. The molecule has 3 fully saturated rings. The highest BCUT2D eigenvalue weighted by Gasteiger charge is 2.65. The summed E-state index contributed by atoms with van der Waals surface area (Å²) in [5, 5.41) is 0. The van der Waals surface area contributed by atoms with Gasteiger partial charge in [-0.05, 0) is 50.0 Å². The predicted molar refractivity (Wildman–Crippen MR) is 63.1 cm³/mol. The molecule has 1 heteroatoms. The van der Waals surface area contributed by atoms with Gasteiger partial charge in [-0.2, -0.15) is 0 Å². The van der Waals surface area contributed by atoms with Crippen LogP contribution in [-0.2, 0) is 10.3 Å². The lowest BCUT2D eigenvalue weighted by Gasteiger charge is -2.37. The molecule has 16 heavy (non-hydrogen) atoms. The summed E-state index contributed by atoms with van der Waals surface area (Å²) in [6.07, 6.45) is 5.19. The third kappa shape index (κ3) is 0.958. The van der Waals surface area contributed by atoms with Crippen molar-refractivity contribution in [1.29, 1.82) is 0 Å². The van der Waals surface area contributed by atoms with Crippen LogP contribution in [0.15, 0.2) is 30.3 Å². The Morgan fingerprint density at radius 3 is 2.75 bits per heavy atom. The third-order valence-electron chi connectivity index (χ3n) is 5.09. The quantitative estimate of drug-likeness (QED) is 0.695. The van der Waals surface area contributed by atoms with Gasteiger partial charge in [0.1, 0.15) is 0 Å². The number of rotatable bonds is 1. The van der Waals surface area contributed by atoms with Crippen molar-refractivity contribution in [2.45, 2.75) is 43.8 Å². The molecule has 1 aliphatic heterocycles. The molecule has 0 amide bonds. The van der Waals surface area contributed by atoms with E-state index in [4.69, 9.17) is 4.74 Å². The van der Waals surface area contributed by atoms with E-state index < -0.39 is 0 Å². The van der Waals surface area contributed by atoms with Crippen LogP contribution >= 0.6 is 0 Å². The molecule has 2 bridgehead atoms. The fourth-order valence-electron chi connectivity index (χ4n) is 4.63. The van der Waals surface area contributed by atoms with E-state index in [1.807, 2.05) is 0 Å². The number of hydrogen-bond acceptors (Lipinski definition) is 1. The van der Waals surface area contributed by atoms with Gasteiger partial charge in [0.25, 0.3) is 0 Å². The average Bonchev–Trinajstić information content (AvgIpc) is 2.83. The molecule has 0 N–H and O–H groups in total. The maximum Gasteiger partial charge on any atom is 0.0970 e. The van der Waals surface area contributed by atoms with Gasteiger partial charge in [-0.15, -0.1) is 0 Å². The van der Waals surface area contributed by atoms with E-state index in [1.54, 1.807) is 0 Å². The molecule has 1 aromatic carbocycles. The SMILES string of the molecule is C[C@@]12C[C@H]3CC[C@@](c4ccccc4)(O1)[C@@H]3C2. The molecule has 2 saturated carbocycles. The molecule has 84 valence electrons. The summed E-state index contributed by atoms with van der Waals surface area (Å²) in [5.41, 5.74) is 1.69. The van der Waals surface area contributed by atoms with E-state index in [-0.39, 0.29) is 11.2 Å². The van der Waals surface area contributed by atoms with Gasteiger partial charge in [0.05, 0.1) is 11.2 Å². The second-order valence-corrected chi connectivity index (χ2v) is 6.12. The van der Waals surface area contributed by atoms with E-state index in [1.165, 1.54) is 31.2 Å². The first-order chi connectivity index (χ1) is 7.72. The summed E-state index contributed by atoms with van der Waals surface area (Å²) in [6.45, 7) is 2.32. The van der Waals surface area contributed by atoms with E-state index in [0.717, 1.165) is 11.8 Å². The Bertz CT molecular complexity index is 426. The molecular weight excluding hydrogens is 196 g/mol. The van der Waals surface area contributed by atoms with Crippen molar-refractivity contribution in [3.63, 3.8) is 0 Å². The summed E-state index contributed by atoms with van der Waals surface area (Å²) in [5.74, 6) is 1.72. The molecule has 1 heterocycles. The van der Waals surface area contributed by atoms with Crippen molar-refractivity contribution in [3.05, 3.63) is 35.9 Å². The number of hydrogen-bond donors (Lipinski definition) is 0. The van der Waals surface area contributed by atoms with E-state index in [2.05, 4.69) is 37.3 Å². The van der Waals surface area contributed by atoms with Crippen molar-refractivity contribution < 1.29 is 4.74 Å². The van der Waals surface area contributed by atoms with Crippen LogP contribution in [0.25, 0.3) is 0 Å². The number of fused-ring (bicyclic) bond motifs is 1. The van der Waals surface area contributed by atoms with E-state index in [9.17, 15) is 0 Å². The lowest BCUT2D eigenvalue weighted by Crippen LogP contribution is -2.36. The van der Waals surface area contributed by atoms with Crippen molar-refractivity contribution in [2.24, 2.45) is 11.8 Å². The fourth-order valence-corrected chi connectivity index (χ4v) is 4.63. The van der Waals surface area contributed by atoms with Crippen LogP contribution in [0, 0.1) is 11.8 Å². The summed E-state index contributed by atoms with van der Waals surface area (Å²) in [6, 6.07) is 10.9. The lowest BCUT2D eigenvalue weighted by molar-refractivity contribution is -0.128. The van der Waals surface area contributed by atoms with Crippen molar-refractivity contribution in [3.8, 4) is 0 Å². The number of ether oxygens (including phenoxy) is 1. The minimum atomic E-state index is 0.0823. The van der Waals surface area contributed by atoms with Gasteiger partial charge in [-0.25, -0.2) is 0 Å². The van der Waals surface area contributed by atoms with Crippen LogP contribution in [0.4, 0.5) is 0 Å². The van der Waals surface area contributed by atoms with Crippen LogP contribution < -0.4 is 0 Å². The molecule has 2 aliphatic carbocycles. The molecule has 3 aliphatic rings. The molecule has 0 radical (unpaired) electrons. The predicted octanol–water partition coefficient (Wildman–Crippen LogP) is 3.49. The fraction of sp³-hybridized carbons (Fsp3) is 0.600. The van der Waals surface area contributed by atoms with Gasteiger partial charge in [0, 0.05) is 0 Å². The van der Waals surface area contributed by atoms with Gasteiger partial charge in [0.2, 0.25) is 0 Å². The zero-order valence-corrected chi connectivity index (χ0v) is 9.78. The first-order valence-corrected chi connectivity index (χ1v) is 6.48. The summed E-state index contributed by atoms with van der Waals surface area (Å²) < 4.78 is 6.51. The van der Waals surface area contributed by atoms with Crippen LogP contribution in [0.1, 0.15) is 38.2 Å². The minimum absolute atomic E-state index is 0.0823. The van der Waals surface area contributed by atoms with E-state index >= 15 is 0 Å². The van der Waals surface area contributed by atoms with Crippen molar-refractivity contribution in [1.82, 2.24) is 0 Å². The summed E-state index contributed by atoms with van der Waals surface area (Å²) >= 11 is 0. The highest BCUT2D eigenvalue weighted by atomic mass is 16.5. The monoisotopic (exact) mass is 214 g/mol. The van der Waals surface area contributed by atoms with Crippen LogP contribution in [-0.4, -0.2) is 5.60 Å². The summed E-state index contributed by atoms with van der Waals surface area (Å²) in [7, 11) is 0. The molecule has 0 spiro atoms. The zero-order chi connectivity index (χ0) is 10.8. The Labute approximate surface area is 96.8 Å². The molecule has 4 atom stereocenters. The zero-order valence-electron chi connectivity index (χ0n) is 9.78. The lowest BCUT2D eigenvalue weighted by atomic mass is 9.82. The summed E-state index contributed by atoms with van der Waals surface area (Å²) in [4.78, 5) is 0. The maximum absolute atomic E-state index is 6.51. The van der Waals surface area contributed by atoms with Gasteiger partial charge >= 0.3 is 0 Å². The Morgan fingerprint density at radius 2 is 2.00 bits per heavy atom. The van der Waals surface area contributed by atoms with E-state index in [0.29, 0.717) is 0 Å². The second kappa shape index (κ2) is 2.70. The van der Waals surface area contributed by atoms with Gasteiger partial charge in [-0.3, -0.25) is 0 Å². The normalized spacial score (nSPS) is 48.8. The molecule has 0 unspecified atom stereocenters. The first-order valence-electron chi connectivity index (χ1n) is 6.48. The largest absolute Gasteiger partial charge is 0.364 e. The molecular formula is C15H18O. The highest BCUT2D eigenvalue weighted by molar-refractivity contribution is 5.30. The molecule has 0 aromatic heterocycles. The molecule has 1 saturated heterocycles. The van der Waals surface area contributed by atoms with Crippen molar-refractivity contribution in [2.75, 3.05) is 0 Å². The molecule has 1 nitrogen and oxygen atoms in total. The Balaban J connectivity index is 1.84. The van der Waals surface area contributed by atoms with Gasteiger partial charge in [0.15, 0.2) is 0 Å². The maximum atomic E-state index is 6.51. The van der Waals surface area contributed by atoms with Gasteiger partial charge in [-0.1, -0.05) is 30.3 Å². The third-order valence-corrected chi connectivity index (χ3v) is 5.09. The molecule has 4 rings (SSSR count). The van der Waals surface area contributed by atoms with Crippen molar-refractivity contribution >= 4 is 0 Å². The smallest absolute Gasteiger partial charge is 0.0970 e. The van der Waals surface area contributed by atoms with Crippen LogP contribution in [0.3, 0.4) is 0 Å². The van der Waals surface area contributed by atoms with Gasteiger partial charge < -0.3 is 4.74 Å². The van der Waals surface area contributed by atoms with Crippen LogP contribution in [0.2, 0.25) is 0 Å². The minimum Gasteiger partial charge on any atom is -0.364 e. The topological polar surface area (TPSA) is 9.23 Å². The Kier molecular flexibility index (Phi) is 1.56. The van der Waals surface area contributed by atoms with Crippen LogP contribution in [0.5, 0.6) is 0 Å². The first kappa shape index (κ1) is 9.23. The highest BCUT2D eigenvalue weighted by Crippen LogP contribution is 2.67. The second-order valence-electron chi connectivity index (χ2n) is 6.12. The standard InChI is InChI=1S/C15H18O/c1-14-9-11-7-8-15(16-14,13(11)10-14)12-5-3-2-4-6-12/h2-6,11,13H,7-10H2,1H3/t11-,13-,14+,15+/m1/s1. The Hall–Kier alpha value is -0.820.